The summed E-state index contributed by atoms with van der Waals surface area (Å²) >= 11 is 0. The van der Waals surface area contributed by atoms with Crippen molar-refractivity contribution in [3.63, 3.8) is 0 Å². The highest BCUT2D eigenvalue weighted by Crippen LogP contribution is 2.30. The van der Waals surface area contributed by atoms with Crippen LogP contribution in [0.5, 0.6) is 5.75 Å². The van der Waals surface area contributed by atoms with Crippen LogP contribution in [-0.2, 0) is 0 Å². The maximum absolute atomic E-state index is 10.3. The predicted molar refractivity (Wildman–Crippen MR) is 80.6 cm³/mol. The lowest BCUT2D eigenvalue weighted by atomic mass is 9.97. The molecule has 0 aromatic heterocycles. The van der Waals surface area contributed by atoms with Crippen LogP contribution in [0.2, 0.25) is 0 Å². The molecule has 4 nitrogen and oxygen atoms in total. The van der Waals surface area contributed by atoms with Crippen molar-refractivity contribution in [2.24, 2.45) is 0 Å². The number of para-hydroxylation sites is 1. The molecule has 0 fully saturated rings. The molecular formula is C15H26N2O2. The van der Waals surface area contributed by atoms with Crippen LogP contribution in [0.1, 0.15) is 40.5 Å². The van der Waals surface area contributed by atoms with Crippen molar-refractivity contribution in [1.82, 2.24) is 0 Å². The van der Waals surface area contributed by atoms with Gasteiger partial charge in [0.2, 0.25) is 0 Å². The Hall–Kier alpha value is -1.42. The largest absolute Gasteiger partial charge is 0.489 e. The van der Waals surface area contributed by atoms with Gasteiger partial charge in [-0.2, -0.15) is 0 Å². The summed E-state index contributed by atoms with van der Waals surface area (Å²) in [6.45, 7) is 8.37. The van der Waals surface area contributed by atoms with Crippen molar-refractivity contribution in [2.45, 2.75) is 52.2 Å². The SMILES string of the molecule is CCC(O)(CC)CNc1cccc(OC(C)C)c1N. The highest BCUT2D eigenvalue weighted by Gasteiger charge is 2.22. The highest BCUT2D eigenvalue weighted by atomic mass is 16.5. The van der Waals surface area contributed by atoms with Crippen LogP contribution in [0.4, 0.5) is 11.4 Å². The van der Waals surface area contributed by atoms with Crippen LogP contribution in [0.25, 0.3) is 0 Å². The number of anilines is 2. The molecule has 4 heteroatoms. The Kier molecular flexibility index (Phi) is 5.48. The zero-order valence-electron chi connectivity index (χ0n) is 12.4. The van der Waals surface area contributed by atoms with Gasteiger partial charge in [0.15, 0.2) is 0 Å². The molecule has 0 aliphatic heterocycles. The molecule has 0 saturated heterocycles. The molecule has 0 atom stereocenters. The van der Waals surface area contributed by atoms with Gasteiger partial charge in [0.05, 0.1) is 23.1 Å². The van der Waals surface area contributed by atoms with Crippen molar-refractivity contribution in [3.05, 3.63) is 18.2 Å². The molecule has 0 spiro atoms. The van der Waals surface area contributed by atoms with E-state index in [0.29, 0.717) is 30.8 Å². The fourth-order valence-corrected chi connectivity index (χ4v) is 1.81. The maximum atomic E-state index is 10.3. The number of ether oxygens (including phenoxy) is 1. The number of nitrogens with one attached hydrogen (secondary N) is 1. The molecule has 1 rings (SSSR count). The molecule has 1 aromatic rings. The molecular weight excluding hydrogens is 240 g/mol. The first-order chi connectivity index (χ1) is 8.91. The Morgan fingerprint density at radius 1 is 1.32 bits per heavy atom. The van der Waals surface area contributed by atoms with E-state index in [1.807, 2.05) is 45.9 Å². The lowest BCUT2D eigenvalue weighted by molar-refractivity contribution is 0.0457. The van der Waals surface area contributed by atoms with Crippen molar-refractivity contribution in [3.8, 4) is 5.75 Å². The minimum Gasteiger partial charge on any atom is -0.489 e. The fraction of sp³-hybridized carbons (Fsp3) is 0.600. The number of hydrogen-bond donors (Lipinski definition) is 3. The molecule has 0 saturated carbocycles. The van der Waals surface area contributed by atoms with Gasteiger partial charge in [-0.1, -0.05) is 19.9 Å². The van der Waals surface area contributed by atoms with Gasteiger partial charge >= 0.3 is 0 Å². The molecule has 0 heterocycles. The number of nitrogens with two attached hydrogens (primary N) is 1. The number of benzene rings is 1. The zero-order valence-corrected chi connectivity index (χ0v) is 12.4. The summed E-state index contributed by atoms with van der Waals surface area (Å²) in [6.07, 6.45) is 1.50. The lowest BCUT2D eigenvalue weighted by Crippen LogP contribution is -2.35. The van der Waals surface area contributed by atoms with E-state index in [2.05, 4.69) is 5.32 Å². The summed E-state index contributed by atoms with van der Waals surface area (Å²) in [5.41, 5.74) is 6.77. The van der Waals surface area contributed by atoms with Crippen molar-refractivity contribution >= 4 is 11.4 Å². The Morgan fingerprint density at radius 2 is 1.95 bits per heavy atom. The van der Waals surface area contributed by atoms with Crippen LogP contribution in [-0.4, -0.2) is 23.4 Å². The summed E-state index contributed by atoms with van der Waals surface area (Å²) in [7, 11) is 0. The average Bonchev–Trinajstić information content (AvgIpc) is 2.39. The average molecular weight is 266 g/mol. The third-order valence-corrected chi connectivity index (χ3v) is 3.35. The van der Waals surface area contributed by atoms with E-state index in [4.69, 9.17) is 10.5 Å². The Labute approximate surface area is 116 Å². The van der Waals surface area contributed by atoms with Gasteiger partial charge < -0.3 is 20.9 Å². The lowest BCUT2D eigenvalue weighted by Gasteiger charge is -2.26. The Balaban J connectivity index is 2.79. The number of aliphatic hydroxyl groups is 1. The third-order valence-electron chi connectivity index (χ3n) is 3.35. The highest BCUT2D eigenvalue weighted by molar-refractivity contribution is 5.73. The molecule has 19 heavy (non-hydrogen) atoms. The molecule has 0 bridgehead atoms. The van der Waals surface area contributed by atoms with Gasteiger partial charge in [-0.25, -0.2) is 0 Å². The van der Waals surface area contributed by atoms with Crippen LogP contribution < -0.4 is 15.8 Å². The molecule has 0 aliphatic carbocycles. The number of rotatable bonds is 7. The number of hydrogen-bond acceptors (Lipinski definition) is 4. The molecule has 108 valence electrons. The minimum atomic E-state index is -0.693. The van der Waals surface area contributed by atoms with E-state index in [1.165, 1.54) is 0 Å². The molecule has 1 aromatic carbocycles. The second-order valence-electron chi connectivity index (χ2n) is 5.17. The molecule has 4 N–H and O–H groups in total. The molecule has 0 aliphatic rings. The second-order valence-corrected chi connectivity index (χ2v) is 5.17. The first kappa shape index (κ1) is 15.6. The van der Waals surface area contributed by atoms with Gasteiger partial charge in [0.1, 0.15) is 5.75 Å². The van der Waals surface area contributed by atoms with E-state index in [1.54, 1.807) is 0 Å². The van der Waals surface area contributed by atoms with E-state index in [-0.39, 0.29) is 6.10 Å². The van der Waals surface area contributed by atoms with E-state index < -0.39 is 5.60 Å². The summed E-state index contributed by atoms with van der Waals surface area (Å²) in [5.74, 6) is 0.677. The quantitative estimate of drug-likeness (QED) is 0.664. The molecule has 0 unspecified atom stereocenters. The van der Waals surface area contributed by atoms with Gasteiger partial charge in [-0.3, -0.25) is 0 Å². The van der Waals surface area contributed by atoms with E-state index in [9.17, 15) is 5.11 Å². The fourth-order valence-electron chi connectivity index (χ4n) is 1.81. The number of nitrogen functional groups attached to an aromatic ring is 1. The van der Waals surface area contributed by atoms with Gasteiger partial charge in [-0.15, -0.1) is 0 Å². The van der Waals surface area contributed by atoms with Crippen molar-refractivity contribution in [2.75, 3.05) is 17.6 Å². The first-order valence-electron chi connectivity index (χ1n) is 6.93. The van der Waals surface area contributed by atoms with Crippen LogP contribution in [0, 0.1) is 0 Å². The Bertz CT molecular complexity index is 401. The first-order valence-corrected chi connectivity index (χ1v) is 6.93. The monoisotopic (exact) mass is 266 g/mol. The topological polar surface area (TPSA) is 67.5 Å². The van der Waals surface area contributed by atoms with Crippen LogP contribution in [0.15, 0.2) is 18.2 Å². The zero-order chi connectivity index (χ0) is 14.5. The van der Waals surface area contributed by atoms with Crippen molar-refractivity contribution in [1.29, 1.82) is 0 Å². The smallest absolute Gasteiger partial charge is 0.144 e. The van der Waals surface area contributed by atoms with E-state index >= 15 is 0 Å². The third kappa shape index (κ3) is 4.31. The van der Waals surface area contributed by atoms with Gasteiger partial charge in [0, 0.05) is 6.54 Å². The van der Waals surface area contributed by atoms with Gasteiger partial charge in [-0.05, 0) is 38.8 Å². The summed E-state index contributed by atoms with van der Waals surface area (Å²) in [4.78, 5) is 0. The Morgan fingerprint density at radius 3 is 2.47 bits per heavy atom. The molecule has 0 radical (unpaired) electrons. The summed E-state index contributed by atoms with van der Waals surface area (Å²) < 4.78 is 5.64. The molecule has 0 amide bonds. The second kappa shape index (κ2) is 6.66. The minimum absolute atomic E-state index is 0.0840. The standard InChI is InChI=1S/C15H26N2O2/c1-5-15(18,6-2)10-17-12-8-7-9-13(14(12)16)19-11(3)4/h7-9,11,17-18H,5-6,10,16H2,1-4H3. The van der Waals surface area contributed by atoms with Crippen molar-refractivity contribution < 1.29 is 9.84 Å². The maximum Gasteiger partial charge on any atom is 0.144 e. The van der Waals surface area contributed by atoms with E-state index in [0.717, 1.165) is 5.69 Å². The van der Waals surface area contributed by atoms with Gasteiger partial charge in [0.25, 0.3) is 0 Å². The van der Waals surface area contributed by atoms with Crippen LogP contribution >= 0.6 is 0 Å². The summed E-state index contributed by atoms with van der Waals surface area (Å²) in [6, 6.07) is 5.65. The summed E-state index contributed by atoms with van der Waals surface area (Å²) in [5, 5.41) is 13.5. The van der Waals surface area contributed by atoms with Crippen LogP contribution in [0.3, 0.4) is 0 Å². The predicted octanol–water partition coefficient (Wildman–Crippen LogP) is 3.02. The normalized spacial score (nSPS) is 11.7.